The lowest BCUT2D eigenvalue weighted by molar-refractivity contribution is -0.192. The predicted molar refractivity (Wildman–Crippen MR) is 96.3 cm³/mol. The minimum atomic E-state index is -5.08. The average molecular weight is 422 g/mol. The van der Waals surface area contributed by atoms with Gasteiger partial charge in [-0.2, -0.15) is 13.2 Å². The number of carbonyl (C=O) groups is 2. The molecule has 4 rings (SSSR count). The monoisotopic (exact) mass is 422 g/mol. The molecule has 1 N–H and O–H groups in total. The van der Waals surface area contributed by atoms with E-state index in [9.17, 15) is 18.0 Å². The van der Waals surface area contributed by atoms with Crippen LogP contribution in [0.4, 0.5) is 13.2 Å². The highest BCUT2D eigenvalue weighted by Crippen LogP contribution is 2.35. The summed E-state index contributed by atoms with van der Waals surface area (Å²) in [6.07, 6.45) is 2.34. The van der Waals surface area contributed by atoms with Crippen LogP contribution in [0.3, 0.4) is 0 Å². The van der Waals surface area contributed by atoms with E-state index in [1.54, 1.807) is 0 Å². The van der Waals surface area contributed by atoms with Crippen LogP contribution in [0.1, 0.15) is 38.5 Å². The maximum absolute atomic E-state index is 12.6. The van der Waals surface area contributed by atoms with E-state index in [4.69, 9.17) is 19.4 Å². The molecule has 0 bridgehead atoms. The number of morpholine rings is 1. The van der Waals surface area contributed by atoms with Crippen LogP contribution in [-0.4, -0.2) is 90.6 Å². The van der Waals surface area contributed by atoms with Crippen LogP contribution in [0.5, 0.6) is 0 Å². The summed E-state index contributed by atoms with van der Waals surface area (Å²) < 4.78 is 43.3. The third-order valence-corrected chi connectivity index (χ3v) is 6.22. The molecule has 0 aromatic heterocycles. The molecule has 4 fully saturated rings. The Bertz CT molecular complexity index is 579. The Morgan fingerprint density at radius 2 is 1.66 bits per heavy atom. The molecule has 1 saturated carbocycles. The largest absolute Gasteiger partial charge is 0.490 e. The summed E-state index contributed by atoms with van der Waals surface area (Å²) in [7, 11) is 0. The number of aliphatic carboxylic acids is 1. The number of carboxylic acids is 1. The number of hydrogen-bond acceptors (Lipinski definition) is 5. The number of nitrogens with zero attached hydrogens (tertiary/aromatic N) is 2. The van der Waals surface area contributed by atoms with E-state index in [0.717, 1.165) is 44.8 Å². The first-order valence-electron chi connectivity index (χ1n) is 10.3. The Labute approximate surface area is 168 Å². The zero-order valence-electron chi connectivity index (χ0n) is 16.4. The first kappa shape index (κ1) is 22.3. The van der Waals surface area contributed by atoms with Crippen molar-refractivity contribution in [1.29, 1.82) is 0 Å². The first-order chi connectivity index (χ1) is 13.8. The third-order valence-electron chi connectivity index (χ3n) is 6.22. The number of halogens is 3. The maximum Gasteiger partial charge on any atom is 0.490 e. The van der Waals surface area contributed by atoms with Crippen LogP contribution in [-0.2, 0) is 19.1 Å². The third kappa shape index (κ3) is 5.82. The minimum absolute atomic E-state index is 0.194. The fourth-order valence-electron chi connectivity index (χ4n) is 4.42. The van der Waals surface area contributed by atoms with Gasteiger partial charge in [0.05, 0.1) is 19.3 Å². The van der Waals surface area contributed by atoms with Gasteiger partial charge in [-0.25, -0.2) is 4.79 Å². The van der Waals surface area contributed by atoms with Gasteiger partial charge < -0.3 is 19.5 Å². The summed E-state index contributed by atoms with van der Waals surface area (Å²) in [5.41, 5.74) is 0. The molecule has 0 aromatic rings. The van der Waals surface area contributed by atoms with Gasteiger partial charge in [0.15, 0.2) is 0 Å². The van der Waals surface area contributed by atoms with Crippen molar-refractivity contribution in [2.45, 2.75) is 63.0 Å². The second kappa shape index (κ2) is 9.61. The molecule has 0 aromatic carbocycles. The fourth-order valence-corrected chi connectivity index (χ4v) is 4.42. The summed E-state index contributed by atoms with van der Waals surface area (Å²) >= 11 is 0. The van der Waals surface area contributed by atoms with Gasteiger partial charge in [0, 0.05) is 32.2 Å². The molecule has 3 saturated heterocycles. The number of hydrogen-bond donors (Lipinski definition) is 1. The molecule has 3 aliphatic heterocycles. The zero-order valence-corrected chi connectivity index (χ0v) is 16.4. The van der Waals surface area contributed by atoms with E-state index >= 15 is 0 Å². The van der Waals surface area contributed by atoms with Crippen molar-refractivity contribution < 1.29 is 37.3 Å². The summed E-state index contributed by atoms with van der Waals surface area (Å²) in [6, 6.07) is 0.564. The predicted octanol–water partition coefficient (Wildman–Crippen LogP) is 1.90. The van der Waals surface area contributed by atoms with Gasteiger partial charge >= 0.3 is 12.1 Å². The molecular formula is C19H29F3N2O5. The highest BCUT2D eigenvalue weighted by molar-refractivity contribution is 5.81. The van der Waals surface area contributed by atoms with Crippen LogP contribution in [0.2, 0.25) is 0 Å². The molecular weight excluding hydrogens is 393 g/mol. The number of ether oxygens (including phenoxy) is 2. The van der Waals surface area contributed by atoms with Crippen LogP contribution < -0.4 is 0 Å². The molecule has 1 amide bonds. The topological polar surface area (TPSA) is 79.3 Å². The Hall–Kier alpha value is -1.39. The number of amides is 1. The van der Waals surface area contributed by atoms with Gasteiger partial charge in [-0.1, -0.05) is 6.42 Å². The van der Waals surface area contributed by atoms with E-state index in [0.29, 0.717) is 19.3 Å². The molecule has 3 heterocycles. The molecule has 0 unspecified atom stereocenters. The molecule has 1 aliphatic carbocycles. The Balaban J connectivity index is 0.000000298. The van der Waals surface area contributed by atoms with Gasteiger partial charge in [0.1, 0.15) is 6.10 Å². The van der Waals surface area contributed by atoms with E-state index in [1.807, 2.05) is 4.90 Å². The lowest BCUT2D eigenvalue weighted by atomic mass is 9.84. The molecule has 29 heavy (non-hydrogen) atoms. The molecule has 0 spiro atoms. The average Bonchev–Trinajstić information content (AvgIpc) is 3.06. The van der Waals surface area contributed by atoms with Crippen LogP contribution in [0.15, 0.2) is 0 Å². The Morgan fingerprint density at radius 1 is 1.00 bits per heavy atom. The lowest BCUT2D eigenvalue weighted by Gasteiger charge is -2.39. The van der Waals surface area contributed by atoms with Gasteiger partial charge in [-0.05, 0) is 38.0 Å². The Morgan fingerprint density at radius 3 is 2.21 bits per heavy atom. The quantitative estimate of drug-likeness (QED) is 0.749. The van der Waals surface area contributed by atoms with Crippen LogP contribution in [0.25, 0.3) is 0 Å². The van der Waals surface area contributed by atoms with Gasteiger partial charge in [0.25, 0.3) is 5.91 Å². The number of rotatable bonds is 3. The van der Waals surface area contributed by atoms with Crippen molar-refractivity contribution in [3.05, 3.63) is 0 Å². The second-order valence-electron chi connectivity index (χ2n) is 8.13. The molecule has 3 atom stereocenters. The molecule has 166 valence electrons. The second-order valence-corrected chi connectivity index (χ2v) is 8.13. The van der Waals surface area contributed by atoms with E-state index in [2.05, 4.69) is 4.90 Å². The minimum Gasteiger partial charge on any atom is -0.475 e. The number of alkyl halides is 3. The van der Waals surface area contributed by atoms with E-state index < -0.39 is 12.1 Å². The van der Waals surface area contributed by atoms with Crippen molar-refractivity contribution in [2.75, 3.05) is 39.4 Å². The molecule has 10 heteroatoms. The fraction of sp³-hybridized carbons (Fsp3) is 0.895. The summed E-state index contributed by atoms with van der Waals surface area (Å²) in [6.45, 7) is 5.19. The van der Waals surface area contributed by atoms with Gasteiger partial charge in [-0.15, -0.1) is 0 Å². The van der Waals surface area contributed by atoms with Gasteiger partial charge in [0.2, 0.25) is 0 Å². The van der Waals surface area contributed by atoms with E-state index in [-0.39, 0.29) is 18.1 Å². The van der Waals surface area contributed by atoms with Crippen LogP contribution >= 0.6 is 0 Å². The number of likely N-dealkylation sites (tertiary alicyclic amines) is 1. The standard InChI is InChI=1S/C17H28N2O3.C2HF3O2/c20-17(18-8-10-21-11-9-18)16-5-4-14-15(22-16)6-7-19(14)12-13-2-1-3-13;3-2(4,5)1(6)7/h13-16H,1-12H2;(H,6,7)/t14-,15-,16-;/m1./s1. The van der Waals surface area contributed by atoms with Crippen molar-refractivity contribution in [3.63, 3.8) is 0 Å². The molecule has 4 aliphatic rings. The number of fused-ring (bicyclic) bond motifs is 1. The zero-order chi connectivity index (χ0) is 21.0. The highest BCUT2D eigenvalue weighted by Gasteiger charge is 2.43. The van der Waals surface area contributed by atoms with Crippen molar-refractivity contribution in [1.82, 2.24) is 9.80 Å². The smallest absolute Gasteiger partial charge is 0.475 e. The SMILES string of the molecule is O=C(O)C(F)(F)F.O=C([C@H]1CC[C@@H]2[C@@H](CCN2CC2CCC2)O1)N1CCOCC1. The highest BCUT2D eigenvalue weighted by atomic mass is 19.4. The normalized spacial score (nSPS) is 30.7. The first-order valence-corrected chi connectivity index (χ1v) is 10.3. The maximum atomic E-state index is 12.6. The van der Waals surface area contributed by atoms with Gasteiger partial charge in [-0.3, -0.25) is 9.69 Å². The van der Waals surface area contributed by atoms with Crippen molar-refractivity contribution >= 4 is 11.9 Å². The summed E-state index contributed by atoms with van der Waals surface area (Å²) in [5, 5.41) is 7.12. The molecule has 0 radical (unpaired) electrons. The van der Waals surface area contributed by atoms with Crippen molar-refractivity contribution in [2.24, 2.45) is 5.92 Å². The number of carboxylic acid groups (broad SMARTS) is 1. The summed E-state index contributed by atoms with van der Waals surface area (Å²) in [5.74, 6) is -1.64. The lowest BCUT2D eigenvalue weighted by Crippen LogP contribution is -2.51. The van der Waals surface area contributed by atoms with Crippen LogP contribution in [0, 0.1) is 5.92 Å². The molecule has 7 nitrogen and oxygen atoms in total. The van der Waals surface area contributed by atoms with Crippen molar-refractivity contribution in [3.8, 4) is 0 Å². The Kier molecular flexibility index (Phi) is 7.39. The number of carbonyl (C=O) groups excluding carboxylic acids is 1. The summed E-state index contributed by atoms with van der Waals surface area (Å²) in [4.78, 5) is 26.1. The van der Waals surface area contributed by atoms with E-state index in [1.165, 1.54) is 25.8 Å².